The molecular weight excluding hydrogens is 326 g/mol. The van der Waals surface area contributed by atoms with E-state index in [0.29, 0.717) is 12.1 Å². The molecule has 2 aliphatic carbocycles. The van der Waals surface area contributed by atoms with Gasteiger partial charge >= 0.3 is 0 Å². The van der Waals surface area contributed by atoms with E-state index in [-0.39, 0.29) is 17.7 Å². The molecule has 0 spiro atoms. The third-order valence-electron chi connectivity index (χ3n) is 5.60. The Bertz CT molecular complexity index is 771. The van der Waals surface area contributed by atoms with E-state index in [0.717, 1.165) is 44.0 Å². The average molecular weight is 346 g/mol. The Labute approximate surface area is 144 Å². The summed E-state index contributed by atoms with van der Waals surface area (Å²) in [6.07, 6.45) is 5.59. The molecule has 0 saturated heterocycles. The van der Waals surface area contributed by atoms with Gasteiger partial charge in [0.05, 0.1) is 0 Å². The maximum Gasteiger partial charge on any atom is 0.223 e. The van der Waals surface area contributed by atoms with Gasteiger partial charge in [0.2, 0.25) is 5.91 Å². The maximum absolute atomic E-state index is 14.3. The number of aromatic amines is 1. The van der Waals surface area contributed by atoms with Crippen LogP contribution in [0.5, 0.6) is 0 Å². The maximum atomic E-state index is 14.3. The first-order valence-corrected chi connectivity index (χ1v) is 8.68. The van der Waals surface area contributed by atoms with Crippen LogP contribution in [0, 0.1) is 17.6 Å². The van der Waals surface area contributed by atoms with E-state index >= 15 is 0 Å². The Hall–Kier alpha value is -2.31. The number of hydrogen-bond acceptors (Lipinski definition) is 3. The highest BCUT2D eigenvalue weighted by Crippen LogP contribution is 2.46. The summed E-state index contributed by atoms with van der Waals surface area (Å²) in [6.45, 7) is 0.339. The van der Waals surface area contributed by atoms with Crippen molar-refractivity contribution in [2.24, 2.45) is 5.92 Å². The number of H-pyrrole nitrogens is 1. The minimum Gasteiger partial charge on any atom is -0.355 e. The first-order chi connectivity index (χ1) is 12.1. The molecule has 0 bridgehead atoms. The number of carbonyl (C=O) groups excluding carboxylic acids is 1. The van der Waals surface area contributed by atoms with E-state index in [2.05, 4.69) is 20.5 Å². The standard InChI is InChI=1S/C18H20F2N4O/c19-14-5-3-4-13(15(14)20)18(6-1-2-7-18)9-21-17(25)12-8-11(12)16-22-10-23-24-16/h3-5,10-12H,1-2,6-9H2,(H,21,25)(H,22,23,24). The van der Waals surface area contributed by atoms with Crippen LogP contribution in [0.3, 0.4) is 0 Å². The summed E-state index contributed by atoms with van der Waals surface area (Å²) in [5, 5.41) is 9.58. The summed E-state index contributed by atoms with van der Waals surface area (Å²) in [4.78, 5) is 16.5. The van der Waals surface area contributed by atoms with E-state index in [9.17, 15) is 13.6 Å². The Morgan fingerprint density at radius 2 is 2.12 bits per heavy atom. The molecule has 1 aromatic heterocycles. The van der Waals surface area contributed by atoms with Gasteiger partial charge in [-0.1, -0.05) is 25.0 Å². The lowest BCUT2D eigenvalue weighted by molar-refractivity contribution is -0.122. The fourth-order valence-corrected chi connectivity index (χ4v) is 4.07. The second-order valence-corrected chi connectivity index (χ2v) is 7.13. The molecule has 2 atom stereocenters. The van der Waals surface area contributed by atoms with Crippen LogP contribution in [0.4, 0.5) is 8.78 Å². The van der Waals surface area contributed by atoms with Crippen LogP contribution in [-0.2, 0) is 10.2 Å². The molecule has 5 nitrogen and oxygen atoms in total. The minimum atomic E-state index is -0.831. The molecule has 7 heteroatoms. The highest BCUT2D eigenvalue weighted by atomic mass is 19.2. The molecule has 2 aromatic rings. The lowest BCUT2D eigenvalue weighted by Gasteiger charge is -2.30. The van der Waals surface area contributed by atoms with Gasteiger partial charge in [0.15, 0.2) is 11.6 Å². The summed E-state index contributed by atoms with van der Waals surface area (Å²) in [6, 6.07) is 4.31. The normalized spacial score (nSPS) is 24.2. The van der Waals surface area contributed by atoms with Crippen molar-refractivity contribution in [3.05, 3.63) is 47.5 Å². The van der Waals surface area contributed by atoms with Crippen molar-refractivity contribution in [3.63, 3.8) is 0 Å². The van der Waals surface area contributed by atoms with Crippen LogP contribution in [0.25, 0.3) is 0 Å². The van der Waals surface area contributed by atoms with Gasteiger partial charge in [-0.25, -0.2) is 13.8 Å². The van der Waals surface area contributed by atoms with Gasteiger partial charge in [-0.05, 0) is 30.9 Å². The molecule has 2 N–H and O–H groups in total. The van der Waals surface area contributed by atoms with Gasteiger partial charge in [0.25, 0.3) is 0 Å². The summed E-state index contributed by atoms with van der Waals surface area (Å²) in [5.74, 6) is -0.986. The molecule has 2 aliphatic rings. The average Bonchev–Trinajstić information content (AvgIpc) is 3.01. The molecule has 1 amide bonds. The highest BCUT2D eigenvalue weighted by molar-refractivity contribution is 5.82. The van der Waals surface area contributed by atoms with Gasteiger partial charge in [0.1, 0.15) is 12.2 Å². The van der Waals surface area contributed by atoms with Gasteiger partial charge in [0, 0.05) is 23.8 Å². The van der Waals surface area contributed by atoms with Gasteiger partial charge in [-0.15, -0.1) is 0 Å². The molecule has 1 heterocycles. The van der Waals surface area contributed by atoms with E-state index < -0.39 is 17.0 Å². The minimum absolute atomic E-state index is 0.0514. The van der Waals surface area contributed by atoms with Gasteiger partial charge < -0.3 is 5.32 Å². The van der Waals surface area contributed by atoms with Crippen LogP contribution in [0.15, 0.2) is 24.5 Å². The number of nitrogens with one attached hydrogen (secondary N) is 2. The number of benzene rings is 1. The molecule has 25 heavy (non-hydrogen) atoms. The van der Waals surface area contributed by atoms with Crippen molar-refractivity contribution >= 4 is 5.91 Å². The van der Waals surface area contributed by atoms with E-state index in [1.54, 1.807) is 6.07 Å². The third-order valence-corrected chi connectivity index (χ3v) is 5.60. The Kier molecular flexibility index (Phi) is 4.01. The first-order valence-electron chi connectivity index (χ1n) is 8.68. The second-order valence-electron chi connectivity index (χ2n) is 7.13. The van der Waals surface area contributed by atoms with E-state index in [4.69, 9.17) is 0 Å². The van der Waals surface area contributed by atoms with Crippen LogP contribution in [0.2, 0.25) is 0 Å². The number of carbonyl (C=O) groups is 1. The van der Waals surface area contributed by atoms with Crippen molar-refractivity contribution in [1.82, 2.24) is 20.5 Å². The fourth-order valence-electron chi connectivity index (χ4n) is 4.07. The van der Waals surface area contributed by atoms with Gasteiger partial charge in [-0.3, -0.25) is 9.89 Å². The number of amides is 1. The van der Waals surface area contributed by atoms with Crippen LogP contribution in [-0.4, -0.2) is 27.6 Å². The quantitative estimate of drug-likeness (QED) is 0.875. The zero-order chi connectivity index (χ0) is 17.4. The SMILES string of the molecule is O=C(NCC1(c2cccc(F)c2F)CCCC1)C1CC1c1ncn[nH]1. The second kappa shape index (κ2) is 6.20. The number of aromatic nitrogens is 3. The largest absolute Gasteiger partial charge is 0.355 e. The molecule has 0 radical (unpaired) electrons. The Morgan fingerprint density at radius 1 is 1.32 bits per heavy atom. The van der Waals surface area contributed by atoms with Crippen molar-refractivity contribution in [2.45, 2.75) is 43.4 Å². The molecule has 2 unspecified atom stereocenters. The molecule has 132 valence electrons. The van der Waals surface area contributed by atoms with E-state index in [1.807, 2.05) is 0 Å². The zero-order valence-electron chi connectivity index (χ0n) is 13.8. The third kappa shape index (κ3) is 2.92. The molecular formula is C18H20F2N4O. The fraction of sp³-hybridized carbons (Fsp3) is 0.500. The highest BCUT2D eigenvalue weighted by Gasteiger charge is 2.47. The Balaban J connectivity index is 1.46. The first kappa shape index (κ1) is 16.2. The topological polar surface area (TPSA) is 70.7 Å². The van der Waals surface area contributed by atoms with E-state index in [1.165, 1.54) is 12.4 Å². The smallest absolute Gasteiger partial charge is 0.223 e. The molecule has 4 rings (SSSR count). The molecule has 0 aliphatic heterocycles. The van der Waals surface area contributed by atoms with Crippen molar-refractivity contribution in [1.29, 1.82) is 0 Å². The van der Waals surface area contributed by atoms with Crippen LogP contribution < -0.4 is 5.32 Å². The summed E-state index contributed by atoms with van der Waals surface area (Å²) in [7, 11) is 0. The number of hydrogen-bond donors (Lipinski definition) is 2. The van der Waals surface area contributed by atoms with Crippen molar-refractivity contribution in [2.75, 3.05) is 6.54 Å². The van der Waals surface area contributed by atoms with Crippen molar-refractivity contribution in [3.8, 4) is 0 Å². The van der Waals surface area contributed by atoms with Crippen LogP contribution >= 0.6 is 0 Å². The van der Waals surface area contributed by atoms with Crippen molar-refractivity contribution < 1.29 is 13.6 Å². The number of nitrogens with zero attached hydrogens (tertiary/aromatic N) is 2. The predicted octanol–water partition coefficient (Wildman–Crippen LogP) is 2.81. The lowest BCUT2D eigenvalue weighted by atomic mass is 9.78. The Morgan fingerprint density at radius 3 is 2.84 bits per heavy atom. The molecule has 2 fully saturated rings. The number of rotatable bonds is 5. The van der Waals surface area contributed by atoms with Gasteiger partial charge in [-0.2, -0.15) is 5.10 Å². The number of halogens is 2. The lowest BCUT2D eigenvalue weighted by Crippen LogP contribution is -2.40. The molecule has 2 saturated carbocycles. The molecule has 1 aromatic carbocycles. The monoisotopic (exact) mass is 346 g/mol. The summed E-state index contributed by atoms with van der Waals surface area (Å²) >= 11 is 0. The predicted molar refractivity (Wildman–Crippen MR) is 86.7 cm³/mol. The van der Waals surface area contributed by atoms with Crippen LogP contribution in [0.1, 0.15) is 49.4 Å². The summed E-state index contributed by atoms with van der Waals surface area (Å²) < 4.78 is 28.0. The summed E-state index contributed by atoms with van der Waals surface area (Å²) in [5.41, 5.74) is -0.133. The zero-order valence-corrected chi connectivity index (χ0v) is 13.8.